The van der Waals surface area contributed by atoms with Crippen LogP contribution in [0.3, 0.4) is 0 Å². The Hall–Kier alpha value is -0.123. The summed E-state index contributed by atoms with van der Waals surface area (Å²) in [6.45, 7) is 3.65. The summed E-state index contributed by atoms with van der Waals surface area (Å²) in [6.07, 6.45) is -0.00494. The van der Waals surface area contributed by atoms with Crippen molar-refractivity contribution in [3.63, 3.8) is 0 Å². The molecule has 0 radical (unpaired) electrons. The molecule has 0 saturated carbocycles. The molecule has 0 amide bonds. The van der Waals surface area contributed by atoms with Gasteiger partial charge in [0.2, 0.25) is 0 Å². The van der Waals surface area contributed by atoms with Gasteiger partial charge in [-0.3, -0.25) is 0 Å². The van der Waals surface area contributed by atoms with Gasteiger partial charge in [0.15, 0.2) is 6.29 Å². The summed E-state index contributed by atoms with van der Waals surface area (Å²) in [5.74, 6) is 0. The molecular formula is C6H14O2Si. The van der Waals surface area contributed by atoms with Gasteiger partial charge in [0.25, 0.3) is 0 Å². The Kier molecular flexibility index (Phi) is 5.92. The van der Waals surface area contributed by atoms with Crippen LogP contribution in [-0.4, -0.2) is 30.0 Å². The first-order valence-electron chi connectivity index (χ1n) is 3.01. The molecule has 0 aliphatic heterocycles. The molecule has 0 aromatic rings. The highest BCUT2D eigenvalue weighted by Gasteiger charge is 2.01. The van der Waals surface area contributed by atoms with Crippen molar-refractivity contribution in [2.45, 2.75) is 12.3 Å². The first-order chi connectivity index (χ1) is 4.35. The molecule has 0 unspecified atom stereocenters. The highest BCUT2D eigenvalue weighted by Crippen LogP contribution is 1.96. The fourth-order valence-electron chi connectivity index (χ4n) is 0.586. The van der Waals surface area contributed by atoms with Gasteiger partial charge in [0.05, 0.1) is 9.52 Å². The lowest BCUT2D eigenvalue weighted by Crippen LogP contribution is -2.13. The van der Waals surface area contributed by atoms with E-state index in [9.17, 15) is 0 Å². The van der Waals surface area contributed by atoms with Gasteiger partial charge in [-0.15, -0.1) is 12.3 Å². The van der Waals surface area contributed by atoms with E-state index in [1.54, 1.807) is 14.2 Å². The second kappa shape index (κ2) is 6.00. The first-order valence-corrected chi connectivity index (χ1v) is 4.83. The van der Waals surface area contributed by atoms with Crippen molar-refractivity contribution in [1.82, 2.24) is 0 Å². The number of hydrogen-bond donors (Lipinski definition) is 0. The first kappa shape index (κ1) is 8.88. The topological polar surface area (TPSA) is 18.5 Å². The third kappa shape index (κ3) is 4.38. The zero-order valence-corrected chi connectivity index (χ0v) is 7.51. The van der Waals surface area contributed by atoms with Gasteiger partial charge >= 0.3 is 0 Å². The summed E-state index contributed by atoms with van der Waals surface area (Å²) in [5.41, 5.74) is 1.99. The Morgan fingerprint density at radius 2 is 2.11 bits per heavy atom. The summed E-state index contributed by atoms with van der Waals surface area (Å²) in [4.78, 5) is 0. The van der Waals surface area contributed by atoms with Crippen LogP contribution in [0.25, 0.3) is 0 Å². The average Bonchev–Trinajstić information content (AvgIpc) is 1.91. The van der Waals surface area contributed by atoms with Crippen molar-refractivity contribution in [2.75, 3.05) is 14.2 Å². The molecular weight excluding hydrogens is 132 g/mol. The molecule has 0 heterocycles. The second-order valence-electron chi connectivity index (χ2n) is 1.77. The molecule has 3 heteroatoms. The lowest BCUT2D eigenvalue weighted by Gasteiger charge is -2.10. The summed E-state index contributed by atoms with van der Waals surface area (Å²) in [6, 6.07) is 1.02. The third-order valence-corrected chi connectivity index (χ3v) is 2.35. The van der Waals surface area contributed by atoms with E-state index in [1.165, 1.54) is 0 Å². The van der Waals surface area contributed by atoms with Gasteiger partial charge < -0.3 is 9.47 Å². The molecule has 0 bridgehead atoms. The number of hydrogen-bond acceptors (Lipinski definition) is 2. The molecule has 0 aliphatic rings. The summed E-state index contributed by atoms with van der Waals surface area (Å²) < 4.78 is 9.93. The van der Waals surface area contributed by atoms with Crippen LogP contribution in [0.1, 0.15) is 0 Å². The molecule has 0 aromatic carbocycles. The van der Waals surface area contributed by atoms with Crippen LogP contribution < -0.4 is 0 Å². The Morgan fingerprint density at radius 3 is 2.44 bits per heavy atom. The maximum absolute atomic E-state index is 4.97. The summed E-state index contributed by atoms with van der Waals surface area (Å²) >= 11 is 0. The van der Waals surface area contributed by atoms with Crippen LogP contribution in [0.4, 0.5) is 0 Å². The molecule has 0 saturated heterocycles. The Labute approximate surface area is 58.7 Å². The zero-order chi connectivity index (χ0) is 7.11. The third-order valence-electron chi connectivity index (χ3n) is 1.13. The minimum Gasteiger partial charge on any atom is -0.356 e. The predicted octanol–water partition coefficient (Wildman–Crippen LogP) is 0.336. The molecule has 0 atom stereocenters. The zero-order valence-electron chi connectivity index (χ0n) is 6.09. The van der Waals surface area contributed by atoms with Crippen LogP contribution in [-0.2, 0) is 9.47 Å². The molecule has 2 nitrogen and oxygen atoms in total. The summed E-state index contributed by atoms with van der Waals surface area (Å²) in [5, 5.41) is 0. The minimum absolute atomic E-state index is 0.00494. The van der Waals surface area contributed by atoms with Crippen molar-refractivity contribution < 1.29 is 9.47 Å². The average molecular weight is 146 g/mol. The van der Waals surface area contributed by atoms with E-state index in [-0.39, 0.29) is 15.8 Å². The quantitative estimate of drug-likeness (QED) is 0.411. The molecule has 0 spiro atoms. The maximum Gasteiger partial charge on any atom is 0.154 e. The summed E-state index contributed by atoms with van der Waals surface area (Å²) in [7, 11) is 3.18. The van der Waals surface area contributed by atoms with Gasteiger partial charge in [-0.1, -0.05) is 0 Å². The molecule has 9 heavy (non-hydrogen) atoms. The van der Waals surface area contributed by atoms with E-state index >= 15 is 0 Å². The maximum atomic E-state index is 4.97. The molecule has 0 N–H and O–H groups in total. The molecule has 0 aliphatic carbocycles. The smallest absolute Gasteiger partial charge is 0.154 e. The van der Waals surface area contributed by atoms with E-state index in [1.807, 2.05) is 5.70 Å². The highest BCUT2D eigenvalue weighted by molar-refractivity contribution is 6.41. The van der Waals surface area contributed by atoms with E-state index in [4.69, 9.17) is 9.47 Å². The monoisotopic (exact) mass is 146 g/mol. The predicted molar refractivity (Wildman–Crippen MR) is 41.4 cm³/mol. The van der Waals surface area contributed by atoms with Crippen molar-refractivity contribution in [1.29, 1.82) is 0 Å². The Balaban J connectivity index is 3.19. The van der Waals surface area contributed by atoms with Gasteiger partial charge in [-0.25, -0.2) is 0 Å². The lowest BCUT2D eigenvalue weighted by atomic mass is 10.7. The van der Waals surface area contributed by atoms with Gasteiger partial charge in [-0.2, -0.15) is 0 Å². The van der Waals surface area contributed by atoms with Crippen molar-refractivity contribution >= 4 is 9.52 Å². The normalized spacial score (nSPS) is 11.4. The SMILES string of the molecule is C=C[SiH2]CC(OC)OC. The van der Waals surface area contributed by atoms with Gasteiger partial charge in [-0.05, 0) is 6.04 Å². The van der Waals surface area contributed by atoms with Crippen molar-refractivity contribution in [3.8, 4) is 0 Å². The molecule has 0 aromatic heterocycles. The van der Waals surface area contributed by atoms with Gasteiger partial charge in [0.1, 0.15) is 0 Å². The molecule has 0 rings (SSSR count). The van der Waals surface area contributed by atoms with Crippen LogP contribution in [0, 0.1) is 0 Å². The van der Waals surface area contributed by atoms with E-state index in [2.05, 4.69) is 6.58 Å². The standard InChI is InChI=1S/C6H14O2Si/c1-4-9-5-6(7-2)8-3/h4,6H,1,5,9H2,2-3H3. The Bertz CT molecular complexity index is 71.5. The minimum atomic E-state index is -0.134. The molecule has 0 fully saturated rings. The molecule has 54 valence electrons. The van der Waals surface area contributed by atoms with Crippen molar-refractivity contribution in [3.05, 3.63) is 12.3 Å². The number of methoxy groups -OCH3 is 2. The van der Waals surface area contributed by atoms with Crippen LogP contribution >= 0.6 is 0 Å². The van der Waals surface area contributed by atoms with E-state index in [0.717, 1.165) is 6.04 Å². The van der Waals surface area contributed by atoms with Crippen LogP contribution in [0.15, 0.2) is 12.3 Å². The number of ether oxygens (including phenoxy) is 2. The number of rotatable bonds is 5. The van der Waals surface area contributed by atoms with E-state index in [0.29, 0.717) is 0 Å². The van der Waals surface area contributed by atoms with Gasteiger partial charge in [0, 0.05) is 14.2 Å². The fraction of sp³-hybridized carbons (Fsp3) is 0.667. The van der Waals surface area contributed by atoms with Crippen LogP contribution in [0.5, 0.6) is 0 Å². The Morgan fingerprint density at radius 1 is 1.56 bits per heavy atom. The van der Waals surface area contributed by atoms with E-state index < -0.39 is 0 Å². The van der Waals surface area contributed by atoms with Crippen molar-refractivity contribution in [2.24, 2.45) is 0 Å². The fourth-order valence-corrected chi connectivity index (χ4v) is 1.57. The van der Waals surface area contributed by atoms with Crippen LogP contribution in [0.2, 0.25) is 6.04 Å². The largest absolute Gasteiger partial charge is 0.356 e. The second-order valence-corrected chi connectivity index (χ2v) is 3.50. The highest BCUT2D eigenvalue weighted by atomic mass is 28.2. The lowest BCUT2D eigenvalue weighted by molar-refractivity contribution is -0.0874.